The maximum absolute atomic E-state index is 11.0. The molecule has 0 amide bonds. The van der Waals surface area contributed by atoms with E-state index in [1.807, 2.05) is 53.4 Å². The number of hydrogen-bond acceptors (Lipinski definition) is 2. The van der Waals surface area contributed by atoms with Gasteiger partial charge in [0.05, 0.1) is 10.6 Å². The van der Waals surface area contributed by atoms with Crippen molar-refractivity contribution < 1.29 is 4.92 Å². The van der Waals surface area contributed by atoms with Crippen molar-refractivity contribution in [1.29, 1.82) is 0 Å². The summed E-state index contributed by atoms with van der Waals surface area (Å²) in [5, 5.41) is 12.8. The Morgan fingerprint density at radius 3 is 2.44 bits per heavy atom. The summed E-state index contributed by atoms with van der Waals surface area (Å²) in [6.45, 7) is 0. The third kappa shape index (κ3) is 1.64. The third-order valence-electron chi connectivity index (χ3n) is 2.92. The topological polar surface area (TPSA) is 48.1 Å². The van der Waals surface area contributed by atoms with Crippen LogP contribution in [0.4, 0.5) is 5.69 Å². The SMILES string of the molecule is O=[N+]([O-])c1cc(-n2cccc2)c2ccccc2c1. The van der Waals surface area contributed by atoms with Gasteiger partial charge in [0.1, 0.15) is 0 Å². The Morgan fingerprint density at radius 1 is 1.00 bits per heavy atom. The smallest absolute Gasteiger partial charge is 0.272 e. The maximum Gasteiger partial charge on any atom is 0.272 e. The molecule has 0 bridgehead atoms. The fourth-order valence-corrected chi connectivity index (χ4v) is 2.09. The van der Waals surface area contributed by atoms with E-state index in [0.29, 0.717) is 0 Å². The Morgan fingerprint density at radius 2 is 1.72 bits per heavy atom. The number of aromatic nitrogens is 1. The van der Waals surface area contributed by atoms with Crippen LogP contribution in [0.5, 0.6) is 0 Å². The minimum atomic E-state index is -0.362. The van der Waals surface area contributed by atoms with Gasteiger partial charge in [0, 0.05) is 29.9 Å². The van der Waals surface area contributed by atoms with Gasteiger partial charge >= 0.3 is 0 Å². The van der Waals surface area contributed by atoms with Gasteiger partial charge in [0.25, 0.3) is 5.69 Å². The first-order valence-corrected chi connectivity index (χ1v) is 5.56. The van der Waals surface area contributed by atoms with Gasteiger partial charge in [-0.15, -0.1) is 0 Å². The Kier molecular flexibility index (Phi) is 2.34. The van der Waals surface area contributed by atoms with Crippen LogP contribution in [0.1, 0.15) is 0 Å². The van der Waals surface area contributed by atoms with Gasteiger partial charge in [-0.2, -0.15) is 0 Å². The predicted octanol–water partition coefficient (Wildman–Crippen LogP) is 3.54. The zero-order valence-electron chi connectivity index (χ0n) is 9.48. The summed E-state index contributed by atoms with van der Waals surface area (Å²) in [5.41, 5.74) is 0.933. The van der Waals surface area contributed by atoms with Gasteiger partial charge in [0.2, 0.25) is 0 Å². The Balaban J connectivity index is 2.37. The molecule has 0 spiro atoms. The van der Waals surface area contributed by atoms with Crippen molar-refractivity contribution in [3.63, 3.8) is 0 Å². The van der Waals surface area contributed by atoms with Gasteiger partial charge in [-0.05, 0) is 17.5 Å². The molecule has 88 valence electrons. The van der Waals surface area contributed by atoms with E-state index in [0.717, 1.165) is 16.5 Å². The van der Waals surface area contributed by atoms with Crippen molar-refractivity contribution in [2.45, 2.75) is 0 Å². The molecule has 1 aromatic heterocycles. The highest BCUT2D eigenvalue weighted by Gasteiger charge is 2.11. The van der Waals surface area contributed by atoms with Crippen LogP contribution in [0.25, 0.3) is 16.5 Å². The van der Waals surface area contributed by atoms with Crippen LogP contribution in [-0.2, 0) is 0 Å². The number of hydrogen-bond donors (Lipinski definition) is 0. The van der Waals surface area contributed by atoms with E-state index < -0.39 is 0 Å². The average Bonchev–Trinajstić information content (AvgIpc) is 2.91. The number of non-ortho nitro benzene ring substituents is 1. The number of nitro benzene ring substituents is 1. The molecule has 0 N–H and O–H groups in total. The van der Waals surface area contributed by atoms with E-state index in [-0.39, 0.29) is 10.6 Å². The fraction of sp³-hybridized carbons (Fsp3) is 0. The van der Waals surface area contributed by atoms with Crippen molar-refractivity contribution in [2.24, 2.45) is 0 Å². The number of benzene rings is 2. The molecule has 3 aromatic rings. The molecule has 0 fully saturated rings. The maximum atomic E-state index is 11.0. The molecular weight excluding hydrogens is 228 g/mol. The lowest BCUT2D eigenvalue weighted by Crippen LogP contribution is -1.95. The van der Waals surface area contributed by atoms with Crippen molar-refractivity contribution in [1.82, 2.24) is 4.57 Å². The van der Waals surface area contributed by atoms with E-state index in [2.05, 4.69) is 0 Å². The monoisotopic (exact) mass is 238 g/mol. The molecule has 2 aromatic carbocycles. The highest BCUT2D eigenvalue weighted by atomic mass is 16.6. The lowest BCUT2D eigenvalue weighted by Gasteiger charge is -2.07. The van der Waals surface area contributed by atoms with E-state index in [1.165, 1.54) is 0 Å². The van der Waals surface area contributed by atoms with E-state index in [9.17, 15) is 10.1 Å². The number of nitrogens with zero attached hydrogens (tertiary/aromatic N) is 2. The lowest BCUT2D eigenvalue weighted by molar-refractivity contribution is -0.384. The summed E-state index contributed by atoms with van der Waals surface area (Å²) in [6, 6.07) is 14.7. The Hall–Kier alpha value is -2.62. The second-order valence-corrected chi connectivity index (χ2v) is 4.03. The summed E-state index contributed by atoms with van der Waals surface area (Å²) in [7, 11) is 0. The standard InChI is InChI=1S/C14H10N2O2/c17-16(18)12-9-11-5-1-2-6-13(11)14(10-12)15-7-3-4-8-15/h1-10H. The first-order valence-electron chi connectivity index (χ1n) is 5.56. The lowest BCUT2D eigenvalue weighted by atomic mass is 10.1. The average molecular weight is 238 g/mol. The number of rotatable bonds is 2. The van der Waals surface area contributed by atoms with E-state index in [1.54, 1.807) is 12.1 Å². The van der Waals surface area contributed by atoms with Crippen molar-refractivity contribution >= 4 is 16.5 Å². The second kappa shape index (κ2) is 4.00. The first kappa shape index (κ1) is 10.5. The van der Waals surface area contributed by atoms with E-state index in [4.69, 9.17) is 0 Å². The van der Waals surface area contributed by atoms with Crippen LogP contribution in [0.3, 0.4) is 0 Å². The van der Waals surface area contributed by atoms with Crippen LogP contribution in [0.15, 0.2) is 60.9 Å². The fourth-order valence-electron chi connectivity index (χ4n) is 2.09. The molecule has 18 heavy (non-hydrogen) atoms. The molecule has 3 rings (SSSR count). The summed E-state index contributed by atoms with van der Waals surface area (Å²) < 4.78 is 1.88. The van der Waals surface area contributed by atoms with Gasteiger partial charge < -0.3 is 4.57 Å². The van der Waals surface area contributed by atoms with Crippen LogP contribution in [0.2, 0.25) is 0 Å². The summed E-state index contributed by atoms with van der Waals surface area (Å²) >= 11 is 0. The molecule has 0 aliphatic carbocycles. The largest absolute Gasteiger partial charge is 0.323 e. The van der Waals surface area contributed by atoms with Crippen molar-refractivity contribution in [2.75, 3.05) is 0 Å². The zero-order valence-corrected chi connectivity index (χ0v) is 9.48. The second-order valence-electron chi connectivity index (χ2n) is 4.03. The summed E-state index contributed by atoms with van der Waals surface area (Å²) in [6.07, 6.45) is 3.76. The Labute approximate surface area is 103 Å². The van der Waals surface area contributed by atoms with Gasteiger partial charge in [-0.3, -0.25) is 10.1 Å². The summed E-state index contributed by atoms with van der Waals surface area (Å²) in [5.74, 6) is 0. The van der Waals surface area contributed by atoms with Crippen molar-refractivity contribution in [3.8, 4) is 5.69 Å². The van der Waals surface area contributed by atoms with Crippen molar-refractivity contribution in [3.05, 3.63) is 71.0 Å². The molecule has 0 aliphatic rings. The highest BCUT2D eigenvalue weighted by Crippen LogP contribution is 2.28. The highest BCUT2D eigenvalue weighted by molar-refractivity contribution is 5.92. The third-order valence-corrected chi connectivity index (χ3v) is 2.92. The van der Waals surface area contributed by atoms with Crippen LogP contribution in [-0.4, -0.2) is 9.49 Å². The molecule has 1 heterocycles. The van der Waals surface area contributed by atoms with Gasteiger partial charge in [-0.1, -0.05) is 24.3 Å². The zero-order chi connectivity index (χ0) is 12.5. The molecule has 0 atom stereocenters. The molecule has 0 saturated heterocycles. The minimum Gasteiger partial charge on any atom is -0.323 e. The molecule has 0 saturated carbocycles. The number of nitro groups is 1. The van der Waals surface area contributed by atoms with E-state index >= 15 is 0 Å². The molecular formula is C14H10N2O2. The summed E-state index contributed by atoms with van der Waals surface area (Å²) in [4.78, 5) is 10.6. The molecule has 4 nitrogen and oxygen atoms in total. The van der Waals surface area contributed by atoms with Gasteiger partial charge in [-0.25, -0.2) is 0 Å². The number of fused-ring (bicyclic) bond motifs is 1. The molecule has 4 heteroatoms. The van der Waals surface area contributed by atoms with Crippen LogP contribution < -0.4 is 0 Å². The minimum absolute atomic E-state index is 0.109. The molecule has 0 radical (unpaired) electrons. The quantitative estimate of drug-likeness (QED) is 0.506. The van der Waals surface area contributed by atoms with Crippen LogP contribution >= 0.6 is 0 Å². The normalized spacial score (nSPS) is 10.7. The van der Waals surface area contributed by atoms with Crippen LogP contribution in [0, 0.1) is 10.1 Å². The first-order chi connectivity index (χ1) is 8.75. The van der Waals surface area contributed by atoms with Gasteiger partial charge in [0.15, 0.2) is 0 Å². The predicted molar refractivity (Wildman–Crippen MR) is 69.9 cm³/mol. The Bertz CT molecular complexity index is 718. The molecule has 0 aliphatic heterocycles. The molecule has 0 unspecified atom stereocenters.